The third kappa shape index (κ3) is 6.20. The largest absolute Gasteiger partial charge is 0.373 e. The predicted octanol–water partition coefficient (Wildman–Crippen LogP) is 8.45. The first-order chi connectivity index (χ1) is 20.7. The van der Waals surface area contributed by atoms with E-state index in [-0.39, 0.29) is 11.6 Å². The lowest BCUT2D eigenvalue weighted by molar-refractivity contribution is 0.0866. The van der Waals surface area contributed by atoms with Gasteiger partial charge in [-0.15, -0.1) is 16.4 Å². The second kappa shape index (κ2) is 12.1. The number of pyridine rings is 1. The zero-order chi connectivity index (χ0) is 30.1. The normalized spacial score (nSPS) is 15.3. The van der Waals surface area contributed by atoms with Crippen LogP contribution in [-0.2, 0) is 0 Å². The topological polar surface area (TPSA) is 94.7 Å². The zero-order valence-electron chi connectivity index (χ0n) is 24.2. The fraction of sp³-hybridized carbons (Fsp3) is 0.312. The standard InChI is InChI=1S/C32H32Cl2N8S/c1-32(2,3)41-11-9-23(10-12-41)42-17-27(39-40-42)30(20-7-5-4-6-8-20)37-22-13-24-29(38-28-19-43-18-26(28)34)21(15-35)16-36-31(24)25(33)14-22/h4-8,13-14,16-19,23,30,37H,9-12H2,1-3H3,(H,36,38). The Morgan fingerprint density at radius 2 is 1.84 bits per heavy atom. The van der Waals surface area contributed by atoms with Crippen molar-refractivity contribution in [3.63, 3.8) is 0 Å². The third-order valence-corrected chi connectivity index (χ3v) is 9.45. The lowest BCUT2D eigenvalue weighted by atomic mass is 9.98. The molecule has 0 aliphatic carbocycles. The van der Waals surface area contributed by atoms with Crippen molar-refractivity contribution in [2.24, 2.45) is 0 Å². The van der Waals surface area contributed by atoms with E-state index < -0.39 is 0 Å². The number of nitrogens with one attached hydrogen (secondary N) is 2. The summed E-state index contributed by atoms with van der Waals surface area (Å²) < 4.78 is 2.02. The highest BCUT2D eigenvalue weighted by Gasteiger charge is 2.29. The summed E-state index contributed by atoms with van der Waals surface area (Å²) in [6, 6.07) is 16.2. The number of hydrogen-bond donors (Lipinski definition) is 2. The molecule has 5 aromatic rings. The summed E-state index contributed by atoms with van der Waals surface area (Å²) in [6.45, 7) is 8.87. The molecule has 3 aromatic heterocycles. The Balaban J connectivity index is 1.35. The zero-order valence-corrected chi connectivity index (χ0v) is 26.5. The summed E-state index contributed by atoms with van der Waals surface area (Å²) in [5.74, 6) is 0. The molecule has 1 aliphatic heterocycles. The first-order valence-corrected chi connectivity index (χ1v) is 15.9. The first-order valence-electron chi connectivity index (χ1n) is 14.2. The van der Waals surface area contributed by atoms with Crippen molar-refractivity contribution in [2.75, 3.05) is 23.7 Å². The third-order valence-electron chi connectivity index (χ3n) is 7.97. The van der Waals surface area contributed by atoms with Crippen LogP contribution in [0.4, 0.5) is 17.1 Å². The van der Waals surface area contributed by atoms with Gasteiger partial charge in [-0.05, 0) is 51.3 Å². The highest BCUT2D eigenvalue weighted by atomic mass is 35.5. The number of anilines is 3. The summed E-state index contributed by atoms with van der Waals surface area (Å²) in [6.07, 6.45) is 5.65. The second-order valence-electron chi connectivity index (χ2n) is 11.8. The van der Waals surface area contributed by atoms with Crippen LogP contribution in [0.25, 0.3) is 10.9 Å². The van der Waals surface area contributed by atoms with Gasteiger partial charge in [0, 0.05) is 46.7 Å². The maximum Gasteiger partial charge on any atom is 0.109 e. The Labute approximate surface area is 265 Å². The van der Waals surface area contributed by atoms with Crippen molar-refractivity contribution in [3.8, 4) is 6.07 Å². The number of fused-ring (bicyclic) bond motifs is 1. The van der Waals surface area contributed by atoms with Crippen LogP contribution in [0.2, 0.25) is 10.0 Å². The summed E-state index contributed by atoms with van der Waals surface area (Å²) in [5.41, 5.74) is 5.08. The number of aromatic nitrogens is 4. The van der Waals surface area contributed by atoms with Gasteiger partial charge in [-0.1, -0.05) is 58.7 Å². The number of rotatable bonds is 7. The molecule has 0 amide bonds. The molecule has 1 saturated heterocycles. The number of thiophene rings is 1. The second-order valence-corrected chi connectivity index (χ2v) is 13.3. The molecular formula is C32H32Cl2N8S. The molecule has 43 heavy (non-hydrogen) atoms. The molecule has 0 spiro atoms. The van der Waals surface area contributed by atoms with Crippen LogP contribution in [0.15, 0.2) is 65.6 Å². The van der Waals surface area contributed by atoms with Crippen molar-refractivity contribution in [2.45, 2.75) is 51.2 Å². The summed E-state index contributed by atoms with van der Waals surface area (Å²) in [5, 5.41) is 31.6. The molecule has 0 radical (unpaired) electrons. The molecule has 11 heteroatoms. The number of halogens is 2. The van der Waals surface area contributed by atoms with E-state index in [9.17, 15) is 5.26 Å². The fourth-order valence-corrected chi connectivity index (χ4v) is 6.84. The maximum absolute atomic E-state index is 9.89. The summed E-state index contributed by atoms with van der Waals surface area (Å²) in [4.78, 5) is 7.02. The van der Waals surface area contributed by atoms with E-state index in [0.717, 1.165) is 48.6 Å². The Morgan fingerprint density at radius 1 is 1.07 bits per heavy atom. The van der Waals surface area contributed by atoms with Crippen molar-refractivity contribution >= 4 is 62.5 Å². The van der Waals surface area contributed by atoms with Gasteiger partial charge in [0.2, 0.25) is 0 Å². The number of nitriles is 1. The molecule has 1 unspecified atom stereocenters. The van der Waals surface area contributed by atoms with E-state index in [1.54, 1.807) is 0 Å². The SMILES string of the molecule is CC(C)(C)N1CCC(n2cc(C(Nc3cc(Cl)c4ncc(C#N)c(Nc5cscc5Cl)c4c3)c3ccccc3)nn2)CC1. The average molecular weight is 632 g/mol. The van der Waals surface area contributed by atoms with Gasteiger partial charge in [-0.3, -0.25) is 9.88 Å². The lowest BCUT2D eigenvalue weighted by Crippen LogP contribution is -2.46. The molecule has 1 aliphatic rings. The van der Waals surface area contributed by atoms with E-state index in [0.29, 0.717) is 38.2 Å². The highest BCUT2D eigenvalue weighted by molar-refractivity contribution is 7.09. The molecule has 4 heterocycles. The van der Waals surface area contributed by atoms with Crippen LogP contribution in [0.1, 0.15) is 62.5 Å². The molecule has 8 nitrogen and oxygen atoms in total. The fourth-order valence-electron chi connectivity index (χ4n) is 5.61. The van der Waals surface area contributed by atoms with Crippen LogP contribution in [0, 0.1) is 11.3 Å². The van der Waals surface area contributed by atoms with Gasteiger partial charge in [0.25, 0.3) is 0 Å². The molecular weight excluding hydrogens is 599 g/mol. The number of nitrogens with zero attached hydrogens (tertiary/aromatic N) is 6. The first kappa shape index (κ1) is 29.4. The van der Waals surface area contributed by atoms with Crippen molar-refractivity contribution in [1.29, 1.82) is 5.26 Å². The Hall–Kier alpha value is -3.68. The minimum absolute atomic E-state index is 0.164. The minimum Gasteiger partial charge on any atom is -0.373 e. The van der Waals surface area contributed by atoms with Gasteiger partial charge in [-0.25, -0.2) is 4.68 Å². The van der Waals surface area contributed by atoms with Gasteiger partial charge in [0.15, 0.2) is 0 Å². The van der Waals surface area contributed by atoms with E-state index in [1.165, 1.54) is 17.5 Å². The number of likely N-dealkylation sites (tertiary alicyclic amines) is 1. The van der Waals surface area contributed by atoms with E-state index in [4.69, 9.17) is 23.2 Å². The van der Waals surface area contributed by atoms with Gasteiger partial charge in [-0.2, -0.15) is 5.26 Å². The molecule has 2 N–H and O–H groups in total. The molecule has 220 valence electrons. The van der Waals surface area contributed by atoms with Crippen molar-refractivity contribution in [3.05, 3.63) is 92.5 Å². The van der Waals surface area contributed by atoms with Gasteiger partial charge in [0.1, 0.15) is 11.8 Å². The van der Waals surface area contributed by atoms with Crippen LogP contribution < -0.4 is 10.6 Å². The average Bonchev–Trinajstić information content (AvgIpc) is 3.65. The Bertz CT molecular complexity index is 1780. The van der Waals surface area contributed by atoms with Crippen molar-refractivity contribution in [1.82, 2.24) is 24.9 Å². The maximum atomic E-state index is 9.89. The molecule has 1 atom stereocenters. The van der Waals surface area contributed by atoms with Gasteiger partial charge < -0.3 is 10.6 Å². The molecule has 0 bridgehead atoms. The highest BCUT2D eigenvalue weighted by Crippen LogP contribution is 2.38. The monoisotopic (exact) mass is 630 g/mol. The predicted molar refractivity (Wildman–Crippen MR) is 176 cm³/mol. The molecule has 1 fully saturated rings. The quantitative estimate of drug-likeness (QED) is 0.186. The van der Waals surface area contributed by atoms with E-state index in [1.807, 2.05) is 45.8 Å². The van der Waals surface area contributed by atoms with Crippen LogP contribution in [0.3, 0.4) is 0 Å². The van der Waals surface area contributed by atoms with Crippen LogP contribution in [-0.4, -0.2) is 43.5 Å². The van der Waals surface area contributed by atoms with E-state index in [2.05, 4.69) is 76.0 Å². The van der Waals surface area contributed by atoms with Crippen molar-refractivity contribution < 1.29 is 0 Å². The molecule has 6 rings (SSSR count). The number of piperidine rings is 1. The lowest BCUT2D eigenvalue weighted by Gasteiger charge is -2.40. The minimum atomic E-state index is -0.284. The molecule has 2 aromatic carbocycles. The van der Waals surface area contributed by atoms with Crippen LogP contribution >= 0.6 is 34.5 Å². The summed E-state index contributed by atoms with van der Waals surface area (Å²) >= 11 is 14.7. The van der Waals surface area contributed by atoms with Crippen LogP contribution in [0.5, 0.6) is 0 Å². The number of benzene rings is 2. The van der Waals surface area contributed by atoms with Gasteiger partial charge in [0.05, 0.1) is 50.8 Å². The number of hydrogen-bond acceptors (Lipinski definition) is 8. The smallest absolute Gasteiger partial charge is 0.109 e. The van der Waals surface area contributed by atoms with E-state index >= 15 is 0 Å². The van der Waals surface area contributed by atoms with Gasteiger partial charge >= 0.3 is 0 Å². The Kier molecular flexibility index (Phi) is 8.29. The molecule has 0 saturated carbocycles. The Morgan fingerprint density at radius 3 is 2.51 bits per heavy atom. The summed E-state index contributed by atoms with van der Waals surface area (Å²) in [7, 11) is 0.